The maximum Gasteiger partial charge on any atom is 0.239 e. The van der Waals surface area contributed by atoms with Gasteiger partial charge in [0.15, 0.2) is 0 Å². The van der Waals surface area contributed by atoms with Crippen LogP contribution in [0.5, 0.6) is 0 Å². The van der Waals surface area contributed by atoms with Gasteiger partial charge in [-0.2, -0.15) is 0 Å². The normalized spacial score (nSPS) is 21.4. The summed E-state index contributed by atoms with van der Waals surface area (Å²) in [5, 5.41) is 6.85. The van der Waals surface area contributed by atoms with Crippen LogP contribution in [0.2, 0.25) is 5.02 Å². The molecular formula is C14H20Cl2N2O2S. The van der Waals surface area contributed by atoms with Gasteiger partial charge < -0.3 is 15.4 Å². The summed E-state index contributed by atoms with van der Waals surface area (Å²) in [6.45, 7) is 3.94. The molecule has 118 valence electrons. The molecular weight excluding hydrogens is 331 g/mol. The lowest BCUT2D eigenvalue weighted by Gasteiger charge is -2.29. The third kappa shape index (κ3) is 6.04. The standard InChI is InChI=1S/C14H19ClN2O2S.ClH/c1-10-13(16-6-8-19-10)14(18)17-7-9-20-12-4-2-11(15)3-5-12;/h2-5,10,13,16H,6-9H2,1H3,(H,17,18);1H/t10-,13+;/m1./s1. The fraction of sp³-hybridized carbons (Fsp3) is 0.500. The van der Waals surface area contributed by atoms with Crippen molar-refractivity contribution in [3.05, 3.63) is 29.3 Å². The van der Waals surface area contributed by atoms with E-state index < -0.39 is 0 Å². The maximum atomic E-state index is 12.0. The van der Waals surface area contributed by atoms with Crippen molar-refractivity contribution in [2.75, 3.05) is 25.4 Å². The van der Waals surface area contributed by atoms with Crippen LogP contribution in [0.15, 0.2) is 29.2 Å². The molecule has 0 saturated carbocycles. The van der Waals surface area contributed by atoms with Gasteiger partial charge in [0.25, 0.3) is 0 Å². The van der Waals surface area contributed by atoms with E-state index in [1.165, 1.54) is 0 Å². The number of benzene rings is 1. The molecule has 4 nitrogen and oxygen atoms in total. The largest absolute Gasteiger partial charge is 0.375 e. The first-order valence-electron chi connectivity index (χ1n) is 6.68. The predicted octanol–water partition coefficient (Wildman–Crippen LogP) is 2.35. The molecule has 1 aromatic carbocycles. The van der Waals surface area contributed by atoms with Crippen LogP contribution < -0.4 is 10.6 Å². The van der Waals surface area contributed by atoms with E-state index in [0.717, 1.165) is 22.2 Å². The van der Waals surface area contributed by atoms with Gasteiger partial charge in [0.2, 0.25) is 5.91 Å². The molecule has 2 rings (SSSR count). The van der Waals surface area contributed by atoms with E-state index in [4.69, 9.17) is 16.3 Å². The Labute approximate surface area is 140 Å². The van der Waals surface area contributed by atoms with Crippen LogP contribution in [0.25, 0.3) is 0 Å². The molecule has 7 heteroatoms. The zero-order valence-corrected chi connectivity index (χ0v) is 14.2. The fourth-order valence-corrected chi connectivity index (χ4v) is 2.91. The van der Waals surface area contributed by atoms with Crippen LogP contribution in [0.4, 0.5) is 0 Å². The van der Waals surface area contributed by atoms with E-state index >= 15 is 0 Å². The van der Waals surface area contributed by atoms with Crippen molar-refractivity contribution in [3.8, 4) is 0 Å². The number of rotatable bonds is 5. The number of ether oxygens (including phenoxy) is 1. The Morgan fingerprint density at radius 1 is 1.48 bits per heavy atom. The van der Waals surface area contributed by atoms with Gasteiger partial charge in [0, 0.05) is 28.8 Å². The predicted molar refractivity (Wildman–Crippen MR) is 89.6 cm³/mol. The Bertz CT molecular complexity index is 445. The van der Waals surface area contributed by atoms with E-state index in [0.29, 0.717) is 13.2 Å². The summed E-state index contributed by atoms with van der Waals surface area (Å²) >= 11 is 7.52. The number of amides is 1. The summed E-state index contributed by atoms with van der Waals surface area (Å²) in [5.41, 5.74) is 0. The van der Waals surface area contributed by atoms with Crippen LogP contribution in [-0.4, -0.2) is 43.5 Å². The highest BCUT2D eigenvalue weighted by Crippen LogP contribution is 2.19. The number of carbonyl (C=O) groups excluding carboxylic acids is 1. The van der Waals surface area contributed by atoms with Crippen molar-refractivity contribution in [1.29, 1.82) is 0 Å². The van der Waals surface area contributed by atoms with Gasteiger partial charge in [-0.3, -0.25) is 4.79 Å². The summed E-state index contributed by atoms with van der Waals surface area (Å²) in [4.78, 5) is 13.1. The van der Waals surface area contributed by atoms with Crippen LogP contribution in [0.3, 0.4) is 0 Å². The van der Waals surface area contributed by atoms with E-state index in [2.05, 4.69) is 10.6 Å². The Kier molecular flexibility index (Phi) is 8.44. The van der Waals surface area contributed by atoms with E-state index in [9.17, 15) is 4.79 Å². The quantitative estimate of drug-likeness (QED) is 0.632. The van der Waals surface area contributed by atoms with Crippen molar-refractivity contribution in [2.45, 2.75) is 24.0 Å². The number of morpholine rings is 1. The van der Waals surface area contributed by atoms with Gasteiger partial charge in [-0.1, -0.05) is 11.6 Å². The first kappa shape index (κ1) is 18.6. The minimum Gasteiger partial charge on any atom is -0.375 e. The lowest BCUT2D eigenvalue weighted by atomic mass is 10.1. The van der Waals surface area contributed by atoms with Crippen molar-refractivity contribution >= 4 is 41.7 Å². The molecule has 21 heavy (non-hydrogen) atoms. The molecule has 1 saturated heterocycles. The molecule has 2 N–H and O–H groups in total. The molecule has 0 aromatic heterocycles. The lowest BCUT2D eigenvalue weighted by molar-refractivity contribution is -0.128. The van der Waals surface area contributed by atoms with Crippen LogP contribution in [-0.2, 0) is 9.53 Å². The molecule has 2 atom stereocenters. The second-order valence-electron chi connectivity index (χ2n) is 4.60. The molecule has 1 fully saturated rings. The second-order valence-corrected chi connectivity index (χ2v) is 6.21. The molecule has 1 aromatic rings. The average molecular weight is 351 g/mol. The topological polar surface area (TPSA) is 50.4 Å². The first-order chi connectivity index (χ1) is 9.66. The Hall–Kier alpha value is -0.460. The number of thioether (sulfide) groups is 1. The van der Waals surface area contributed by atoms with Crippen molar-refractivity contribution in [2.24, 2.45) is 0 Å². The molecule has 1 aliphatic rings. The maximum absolute atomic E-state index is 12.0. The van der Waals surface area contributed by atoms with Crippen molar-refractivity contribution < 1.29 is 9.53 Å². The van der Waals surface area contributed by atoms with E-state index in [1.807, 2.05) is 31.2 Å². The molecule has 0 aliphatic carbocycles. The molecule has 1 amide bonds. The summed E-state index contributed by atoms with van der Waals surface area (Å²) in [6, 6.07) is 7.45. The Balaban J connectivity index is 0.00000220. The van der Waals surface area contributed by atoms with Crippen LogP contribution >= 0.6 is 35.8 Å². The van der Waals surface area contributed by atoms with Gasteiger partial charge in [-0.15, -0.1) is 24.2 Å². The smallest absolute Gasteiger partial charge is 0.239 e. The number of halogens is 2. The zero-order valence-electron chi connectivity index (χ0n) is 11.8. The highest BCUT2D eigenvalue weighted by Gasteiger charge is 2.27. The summed E-state index contributed by atoms with van der Waals surface area (Å²) in [7, 11) is 0. The van der Waals surface area contributed by atoms with E-state index in [1.54, 1.807) is 11.8 Å². The third-order valence-electron chi connectivity index (χ3n) is 3.08. The van der Waals surface area contributed by atoms with E-state index in [-0.39, 0.29) is 30.5 Å². The number of nitrogens with one attached hydrogen (secondary N) is 2. The fourth-order valence-electron chi connectivity index (χ4n) is 2.01. The molecule has 0 unspecified atom stereocenters. The van der Waals surface area contributed by atoms with Gasteiger partial charge in [-0.05, 0) is 31.2 Å². The molecule has 0 spiro atoms. The molecule has 1 heterocycles. The summed E-state index contributed by atoms with van der Waals surface area (Å²) in [5.74, 6) is 0.837. The summed E-state index contributed by atoms with van der Waals surface area (Å²) in [6.07, 6.45) is -0.0762. The molecule has 0 bridgehead atoms. The number of hydrogen-bond acceptors (Lipinski definition) is 4. The number of carbonyl (C=O) groups is 1. The summed E-state index contributed by atoms with van der Waals surface area (Å²) < 4.78 is 5.46. The van der Waals surface area contributed by atoms with Gasteiger partial charge in [-0.25, -0.2) is 0 Å². The van der Waals surface area contributed by atoms with Gasteiger partial charge in [0.05, 0.1) is 12.7 Å². The minimum atomic E-state index is -0.246. The minimum absolute atomic E-state index is 0. The van der Waals surface area contributed by atoms with Gasteiger partial charge >= 0.3 is 0 Å². The zero-order chi connectivity index (χ0) is 14.4. The molecule has 1 aliphatic heterocycles. The van der Waals surface area contributed by atoms with Gasteiger partial charge in [0.1, 0.15) is 6.04 Å². The van der Waals surface area contributed by atoms with Crippen molar-refractivity contribution in [1.82, 2.24) is 10.6 Å². The monoisotopic (exact) mass is 350 g/mol. The highest BCUT2D eigenvalue weighted by atomic mass is 35.5. The SMILES string of the molecule is C[C@H]1OCCN[C@@H]1C(=O)NCCSc1ccc(Cl)cc1.Cl. The van der Waals surface area contributed by atoms with Crippen LogP contribution in [0.1, 0.15) is 6.92 Å². The lowest BCUT2D eigenvalue weighted by Crippen LogP contribution is -2.55. The first-order valence-corrected chi connectivity index (χ1v) is 8.04. The Morgan fingerprint density at radius 3 is 2.86 bits per heavy atom. The highest BCUT2D eigenvalue weighted by molar-refractivity contribution is 7.99. The number of hydrogen-bond donors (Lipinski definition) is 2. The van der Waals surface area contributed by atoms with Crippen molar-refractivity contribution in [3.63, 3.8) is 0 Å². The Morgan fingerprint density at radius 2 is 2.19 bits per heavy atom. The molecule has 0 radical (unpaired) electrons. The van der Waals surface area contributed by atoms with Crippen LogP contribution in [0, 0.1) is 0 Å². The average Bonchev–Trinajstić information content (AvgIpc) is 2.46. The third-order valence-corrected chi connectivity index (χ3v) is 4.35. The second kappa shape index (κ2) is 9.54.